The number of rotatable bonds is 6. The van der Waals surface area contributed by atoms with E-state index in [1.54, 1.807) is 0 Å². The van der Waals surface area contributed by atoms with Crippen LogP contribution in [0.5, 0.6) is 0 Å². The summed E-state index contributed by atoms with van der Waals surface area (Å²) < 4.78 is 178. The summed E-state index contributed by atoms with van der Waals surface area (Å²) in [6, 6.07) is 5.73. The van der Waals surface area contributed by atoms with E-state index < -0.39 is 109 Å². The number of aromatic nitrogens is 1. The minimum atomic E-state index is -6.81. The van der Waals surface area contributed by atoms with E-state index >= 15 is 4.39 Å². The van der Waals surface area contributed by atoms with Gasteiger partial charge in [0.1, 0.15) is 11.5 Å². The highest BCUT2D eigenvalue weighted by Gasteiger charge is 2.73. The molecule has 0 aliphatic rings. The van der Waals surface area contributed by atoms with E-state index in [1.165, 1.54) is 5.32 Å². The highest BCUT2D eigenvalue weighted by molar-refractivity contribution is 9.10. The molecule has 1 N–H and O–H groups in total. The number of alkyl halides is 10. The Morgan fingerprint density at radius 3 is 1.88 bits per heavy atom. The van der Waals surface area contributed by atoms with Crippen molar-refractivity contribution in [2.45, 2.75) is 24.2 Å². The Balaban J connectivity index is 1.80. The van der Waals surface area contributed by atoms with Gasteiger partial charge in [0.25, 0.3) is 11.8 Å². The fourth-order valence-electron chi connectivity index (χ4n) is 4.22. The fraction of sp³-hybridized carbons (Fsp3) is 0.133. The predicted molar refractivity (Wildman–Crippen MR) is 151 cm³/mol. The fourth-order valence-corrected chi connectivity index (χ4v) is 4.78. The monoisotopic (exact) mass is 805 g/mol. The van der Waals surface area contributed by atoms with Crippen molar-refractivity contribution < 1.29 is 76.3 Å². The number of hydrogen-bond donors (Lipinski definition) is 1. The van der Waals surface area contributed by atoms with Crippen LogP contribution in [0.25, 0.3) is 0 Å². The van der Waals surface area contributed by atoms with Crippen LogP contribution in [0, 0.1) is 17.6 Å². The second-order valence-electron chi connectivity index (χ2n) is 9.98. The molecule has 0 spiro atoms. The highest BCUT2D eigenvalue weighted by atomic mass is 79.9. The zero-order chi connectivity index (χ0) is 38.3. The van der Waals surface area contributed by atoms with Crippen LogP contribution in [0.15, 0.2) is 77.4 Å². The molecule has 0 fully saturated rings. The lowest BCUT2D eigenvalue weighted by Gasteiger charge is -2.31. The van der Waals surface area contributed by atoms with E-state index in [0.717, 1.165) is 36.4 Å². The molecule has 4 aromatic rings. The summed E-state index contributed by atoms with van der Waals surface area (Å²) in [5, 5.41) is 1.41. The minimum Gasteiger partial charge on any atom is -0.327 e. The molecule has 0 unspecified atom stereocenters. The van der Waals surface area contributed by atoms with Crippen LogP contribution in [0.2, 0.25) is 0 Å². The third kappa shape index (κ3) is 7.76. The Morgan fingerprint density at radius 1 is 0.765 bits per heavy atom. The van der Waals surface area contributed by atoms with Gasteiger partial charge in [-0.3, -0.25) is 9.59 Å². The predicted octanol–water partition coefficient (Wildman–Crippen LogP) is 9.24. The third-order valence-electron chi connectivity index (χ3n) is 6.67. The van der Waals surface area contributed by atoms with E-state index in [0.29, 0.717) is 24.4 Å². The van der Waals surface area contributed by atoms with Gasteiger partial charge in [-0.2, -0.15) is 43.9 Å². The molecule has 2 amide bonds. The molecule has 270 valence electrons. The van der Waals surface area contributed by atoms with Gasteiger partial charge in [-0.25, -0.2) is 22.9 Å². The number of hydroxylamine groups is 1. The lowest BCUT2D eigenvalue weighted by molar-refractivity contribution is -0.348. The molecule has 0 saturated carbocycles. The van der Waals surface area contributed by atoms with E-state index in [-0.39, 0.29) is 11.1 Å². The van der Waals surface area contributed by atoms with Crippen LogP contribution in [0.1, 0.15) is 42.2 Å². The summed E-state index contributed by atoms with van der Waals surface area (Å²) in [5.41, 5.74) is -16.2. The second-order valence-corrected chi connectivity index (χ2v) is 10.8. The zero-order valence-corrected chi connectivity index (χ0v) is 25.8. The summed E-state index contributed by atoms with van der Waals surface area (Å²) in [5.74, 6) is -8.45. The van der Waals surface area contributed by atoms with Crippen LogP contribution in [-0.2, 0) is 16.7 Å². The van der Waals surface area contributed by atoms with Crippen molar-refractivity contribution in [1.82, 2.24) is 4.98 Å². The molecule has 51 heavy (non-hydrogen) atoms. The quantitative estimate of drug-likeness (QED) is 0.119. The van der Waals surface area contributed by atoms with Gasteiger partial charge in [0.2, 0.25) is 5.95 Å². The van der Waals surface area contributed by atoms with Gasteiger partial charge in [0.05, 0.1) is 22.4 Å². The smallest absolute Gasteiger partial charge is 0.327 e. The van der Waals surface area contributed by atoms with E-state index in [4.69, 9.17) is 4.84 Å². The normalized spacial score (nSPS) is 12.4. The summed E-state index contributed by atoms with van der Waals surface area (Å²) in [4.78, 5) is 47.4. The molecular weight excluding hydrogens is 793 g/mol. The van der Waals surface area contributed by atoms with E-state index in [9.17, 15) is 67.1 Å². The van der Waals surface area contributed by atoms with Crippen LogP contribution in [0.4, 0.5) is 68.5 Å². The first-order valence-corrected chi connectivity index (χ1v) is 14.0. The van der Waals surface area contributed by atoms with Gasteiger partial charge in [-0.1, -0.05) is 6.07 Å². The molecule has 0 aliphatic carbocycles. The number of pyridine rings is 1. The SMILES string of the molecule is O=C(ON(C(=O)c1ccc(F)cc1)c1cccc(C(=O)Nc2c(Br)cc(C(F)(C(F)(F)F)C(F)(F)F)cc2C(F)(F)F)c1F)c1ccc(F)nc1. The lowest BCUT2D eigenvalue weighted by atomic mass is 9.92. The molecular formula is C30H13BrF13N3O4. The topological polar surface area (TPSA) is 88.6 Å². The first-order chi connectivity index (χ1) is 23.5. The van der Waals surface area contributed by atoms with E-state index in [1.807, 2.05) is 0 Å². The van der Waals surface area contributed by atoms with Crippen LogP contribution >= 0.6 is 15.9 Å². The average Bonchev–Trinajstić information content (AvgIpc) is 3.03. The van der Waals surface area contributed by atoms with Crippen molar-refractivity contribution in [1.29, 1.82) is 0 Å². The summed E-state index contributed by atoms with van der Waals surface area (Å²) in [6.45, 7) is 0. The Bertz CT molecular complexity index is 1970. The summed E-state index contributed by atoms with van der Waals surface area (Å²) in [6.07, 6.45) is -18.8. The minimum absolute atomic E-state index is 0.0635. The van der Waals surface area contributed by atoms with Gasteiger partial charge in [-0.05, 0) is 76.6 Å². The summed E-state index contributed by atoms with van der Waals surface area (Å²) in [7, 11) is 0. The van der Waals surface area contributed by atoms with Crippen LogP contribution in [0.3, 0.4) is 0 Å². The standard InChI is InChI=1S/C30H13BrF13N3O4/c31-19-11-15(27(35,29(39,40)41)30(42,43)44)10-18(28(36,37)38)23(19)46-24(48)17-2-1-3-20(22(17)34)47(25(49)13-4-7-16(32)8-5-13)51-26(50)14-6-9-21(33)45-12-14/h1-12H,(H,46,48). The molecule has 3 aromatic carbocycles. The maximum absolute atomic E-state index is 15.9. The molecule has 4 rings (SSSR count). The molecule has 0 radical (unpaired) electrons. The average molecular weight is 806 g/mol. The number of nitrogens with one attached hydrogen (secondary N) is 1. The Kier molecular flexibility index (Phi) is 10.5. The Morgan fingerprint density at radius 2 is 1.35 bits per heavy atom. The van der Waals surface area contributed by atoms with Crippen LogP contribution < -0.4 is 10.4 Å². The number of amides is 2. The van der Waals surface area contributed by atoms with Gasteiger partial charge < -0.3 is 10.2 Å². The molecule has 1 aromatic heterocycles. The number of nitrogens with zero attached hydrogens (tertiary/aromatic N) is 2. The molecule has 21 heteroatoms. The molecule has 0 saturated heterocycles. The third-order valence-corrected chi connectivity index (χ3v) is 7.29. The second kappa shape index (κ2) is 13.8. The first kappa shape index (κ1) is 38.6. The van der Waals surface area contributed by atoms with Crippen molar-refractivity contribution >= 4 is 45.1 Å². The maximum atomic E-state index is 15.9. The molecule has 0 atom stereocenters. The van der Waals surface area contributed by atoms with Gasteiger partial charge >= 0.3 is 30.2 Å². The van der Waals surface area contributed by atoms with Crippen LogP contribution in [-0.4, -0.2) is 35.1 Å². The van der Waals surface area contributed by atoms with Crippen molar-refractivity contribution in [3.63, 3.8) is 0 Å². The molecule has 0 bridgehead atoms. The molecule has 0 aliphatic heterocycles. The lowest BCUT2D eigenvalue weighted by Crippen LogP contribution is -2.50. The number of benzene rings is 3. The van der Waals surface area contributed by atoms with Gasteiger partial charge in [0, 0.05) is 21.8 Å². The Labute approximate surface area is 283 Å². The zero-order valence-electron chi connectivity index (χ0n) is 24.2. The number of carbonyl (C=O) groups excluding carboxylic acids is 3. The summed E-state index contributed by atoms with van der Waals surface area (Å²) >= 11 is 2.30. The molecule has 1 heterocycles. The number of anilines is 2. The van der Waals surface area contributed by atoms with Gasteiger partial charge in [-0.15, -0.1) is 5.06 Å². The van der Waals surface area contributed by atoms with Crippen molar-refractivity contribution in [3.05, 3.63) is 123 Å². The number of hydrogen-bond acceptors (Lipinski definition) is 5. The van der Waals surface area contributed by atoms with Crippen molar-refractivity contribution in [2.24, 2.45) is 0 Å². The first-order valence-electron chi connectivity index (χ1n) is 13.2. The number of halogens is 14. The Hall–Kier alpha value is -5.21. The van der Waals surface area contributed by atoms with Gasteiger partial charge in [0.15, 0.2) is 5.82 Å². The highest BCUT2D eigenvalue weighted by Crippen LogP contribution is 2.55. The maximum Gasteiger partial charge on any atom is 0.435 e. The van der Waals surface area contributed by atoms with Crippen molar-refractivity contribution in [3.8, 4) is 0 Å². The number of carbonyl (C=O) groups is 3. The van der Waals surface area contributed by atoms with Crippen molar-refractivity contribution in [2.75, 3.05) is 10.4 Å². The largest absolute Gasteiger partial charge is 0.435 e. The molecule has 7 nitrogen and oxygen atoms in total. The van der Waals surface area contributed by atoms with E-state index in [2.05, 4.69) is 20.9 Å².